The third kappa shape index (κ3) is 1.90. The summed E-state index contributed by atoms with van der Waals surface area (Å²) in [5.74, 6) is 0. The molecule has 0 spiro atoms. The van der Waals surface area contributed by atoms with Gasteiger partial charge in [0.15, 0.2) is 0 Å². The highest BCUT2D eigenvalue weighted by Gasteiger charge is 2.22. The molecule has 0 saturated carbocycles. The summed E-state index contributed by atoms with van der Waals surface area (Å²) in [6.07, 6.45) is 1.50. The van der Waals surface area contributed by atoms with Crippen molar-refractivity contribution < 1.29 is 4.74 Å². The van der Waals surface area contributed by atoms with Crippen LogP contribution in [0.5, 0.6) is 0 Å². The van der Waals surface area contributed by atoms with E-state index in [1.165, 1.54) is 5.69 Å². The second kappa shape index (κ2) is 4.01. The average Bonchev–Trinajstić information content (AvgIpc) is 2.19. The van der Waals surface area contributed by atoms with Gasteiger partial charge < -0.3 is 9.64 Å². The van der Waals surface area contributed by atoms with Gasteiger partial charge in [-0.1, -0.05) is 18.2 Å². The molecule has 0 radical (unpaired) electrons. The van der Waals surface area contributed by atoms with Gasteiger partial charge in [0.2, 0.25) is 0 Å². The molecule has 0 aromatic heterocycles. The highest BCUT2D eigenvalue weighted by Crippen LogP contribution is 2.23. The van der Waals surface area contributed by atoms with E-state index in [4.69, 9.17) is 4.74 Å². The molecular formula is C12H17NO. The zero-order valence-corrected chi connectivity index (χ0v) is 8.81. The smallest absolute Gasteiger partial charge is 0.119 e. The van der Waals surface area contributed by atoms with Crippen molar-refractivity contribution in [3.8, 4) is 0 Å². The van der Waals surface area contributed by atoms with Crippen LogP contribution >= 0.6 is 0 Å². The summed E-state index contributed by atoms with van der Waals surface area (Å²) < 4.78 is 5.64. The van der Waals surface area contributed by atoms with E-state index in [2.05, 4.69) is 43.0 Å². The largest absolute Gasteiger partial charge is 0.358 e. The monoisotopic (exact) mass is 191 g/mol. The molecule has 0 aliphatic carbocycles. The predicted octanol–water partition coefficient (Wildman–Crippen LogP) is 2.65. The number of hydrogen-bond donors (Lipinski definition) is 0. The molecule has 76 valence electrons. The molecule has 2 nitrogen and oxygen atoms in total. The Kier molecular flexibility index (Phi) is 2.73. The minimum atomic E-state index is 0.393. The van der Waals surface area contributed by atoms with Crippen molar-refractivity contribution in [1.82, 2.24) is 0 Å². The lowest BCUT2D eigenvalue weighted by molar-refractivity contribution is 0.0237. The number of ether oxygens (including phenoxy) is 1. The summed E-state index contributed by atoms with van der Waals surface area (Å²) in [6.45, 7) is 5.11. The van der Waals surface area contributed by atoms with Crippen LogP contribution < -0.4 is 4.90 Å². The maximum Gasteiger partial charge on any atom is 0.119 e. The van der Waals surface area contributed by atoms with Crippen molar-refractivity contribution >= 4 is 5.69 Å². The van der Waals surface area contributed by atoms with Crippen molar-refractivity contribution in [2.24, 2.45) is 0 Å². The number of para-hydroxylation sites is 1. The van der Waals surface area contributed by atoms with Gasteiger partial charge in [-0.25, -0.2) is 0 Å². The quantitative estimate of drug-likeness (QED) is 0.676. The van der Waals surface area contributed by atoms with Crippen molar-refractivity contribution in [3.05, 3.63) is 30.3 Å². The van der Waals surface area contributed by atoms with Gasteiger partial charge in [0.25, 0.3) is 0 Å². The number of anilines is 1. The molecule has 1 heterocycles. The van der Waals surface area contributed by atoms with Crippen LogP contribution in [-0.2, 0) is 4.74 Å². The van der Waals surface area contributed by atoms with Crippen molar-refractivity contribution in [2.75, 3.05) is 11.6 Å². The summed E-state index contributed by atoms with van der Waals surface area (Å²) in [6, 6.07) is 11.0. The molecule has 1 aliphatic rings. The Morgan fingerprint density at radius 3 is 2.57 bits per heavy atom. The first-order valence-corrected chi connectivity index (χ1v) is 5.20. The van der Waals surface area contributed by atoms with E-state index in [9.17, 15) is 0 Å². The molecule has 2 heteroatoms. The fourth-order valence-electron chi connectivity index (χ4n) is 1.96. The van der Waals surface area contributed by atoms with Gasteiger partial charge in [0.1, 0.15) is 6.73 Å². The van der Waals surface area contributed by atoms with E-state index in [-0.39, 0.29) is 0 Å². The summed E-state index contributed by atoms with van der Waals surface area (Å²) in [5, 5.41) is 0. The minimum absolute atomic E-state index is 0.393. The van der Waals surface area contributed by atoms with Gasteiger partial charge in [-0.05, 0) is 32.4 Å². The van der Waals surface area contributed by atoms with E-state index in [0.29, 0.717) is 18.9 Å². The lowest BCUT2D eigenvalue weighted by Crippen LogP contribution is -2.43. The molecule has 2 atom stereocenters. The molecule has 0 N–H and O–H groups in total. The van der Waals surface area contributed by atoms with E-state index >= 15 is 0 Å². The average molecular weight is 191 g/mol. The highest BCUT2D eigenvalue weighted by molar-refractivity contribution is 5.46. The fourth-order valence-corrected chi connectivity index (χ4v) is 1.96. The molecule has 0 bridgehead atoms. The predicted molar refractivity (Wildman–Crippen MR) is 58.4 cm³/mol. The van der Waals surface area contributed by atoms with E-state index in [0.717, 1.165) is 6.42 Å². The molecule has 14 heavy (non-hydrogen) atoms. The topological polar surface area (TPSA) is 12.5 Å². The number of rotatable bonds is 1. The first kappa shape index (κ1) is 9.53. The van der Waals surface area contributed by atoms with Gasteiger partial charge in [-0.2, -0.15) is 0 Å². The van der Waals surface area contributed by atoms with Crippen LogP contribution in [0.1, 0.15) is 20.3 Å². The lowest BCUT2D eigenvalue weighted by atomic mass is 10.1. The van der Waals surface area contributed by atoms with Crippen LogP contribution in [0.2, 0.25) is 0 Å². The summed E-state index contributed by atoms with van der Waals surface area (Å²) in [7, 11) is 0. The standard InChI is InChI=1S/C12H17NO/c1-10-8-11(2)14-9-13(10)12-6-4-3-5-7-12/h3-7,10-11H,8-9H2,1-2H3/t10-,11-/m1/s1. The fraction of sp³-hybridized carbons (Fsp3) is 0.500. The molecule has 1 aromatic rings. The zero-order chi connectivity index (χ0) is 9.97. The normalized spacial score (nSPS) is 27.7. The van der Waals surface area contributed by atoms with Gasteiger partial charge in [-0.3, -0.25) is 0 Å². The van der Waals surface area contributed by atoms with Crippen molar-refractivity contribution in [3.63, 3.8) is 0 Å². The Morgan fingerprint density at radius 2 is 1.93 bits per heavy atom. The van der Waals surface area contributed by atoms with Gasteiger partial charge in [0.05, 0.1) is 6.10 Å². The molecule has 1 aromatic carbocycles. The van der Waals surface area contributed by atoms with Crippen molar-refractivity contribution in [1.29, 1.82) is 0 Å². The highest BCUT2D eigenvalue weighted by atomic mass is 16.5. The van der Waals surface area contributed by atoms with E-state index in [1.54, 1.807) is 0 Å². The number of nitrogens with zero attached hydrogens (tertiary/aromatic N) is 1. The Bertz CT molecular complexity index is 286. The molecule has 1 fully saturated rings. The van der Waals surface area contributed by atoms with Crippen LogP contribution in [0.25, 0.3) is 0 Å². The Morgan fingerprint density at radius 1 is 1.21 bits per heavy atom. The van der Waals surface area contributed by atoms with Crippen LogP contribution in [-0.4, -0.2) is 18.9 Å². The lowest BCUT2D eigenvalue weighted by Gasteiger charge is -2.38. The van der Waals surface area contributed by atoms with Crippen LogP contribution in [0.4, 0.5) is 5.69 Å². The second-order valence-corrected chi connectivity index (χ2v) is 4.00. The molecule has 0 amide bonds. The molecule has 1 aliphatic heterocycles. The second-order valence-electron chi connectivity index (χ2n) is 4.00. The molecule has 0 unspecified atom stereocenters. The molecular weight excluding hydrogens is 174 g/mol. The summed E-state index contributed by atoms with van der Waals surface area (Å²) in [4.78, 5) is 2.31. The maximum atomic E-state index is 5.64. The molecule has 2 rings (SSSR count). The first-order valence-electron chi connectivity index (χ1n) is 5.20. The van der Waals surface area contributed by atoms with E-state index < -0.39 is 0 Å². The first-order chi connectivity index (χ1) is 6.77. The van der Waals surface area contributed by atoms with Crippen LogP contribution in [0.3, 0.4) is 0 Å². The Hall–Kier alpha value is -1.02. The third-order valence-electron chi connectivity index (χ3n) is 2.79. The number of hydrogen-bond acceptors (Lipinski definition) is 2. The third-order valence-corrected chi connectivity index (χ3v) is 2.79. The maximum absolute atomic E-state index is 5.64. The van der Waals surface area contributed by atoms with Crippen molar-refractivity contribution in [2.45, 2.75) is 32.4 Å². The minimum Gasteiger partial charge on any atom is -0.358 e. The Balaban J connectivity index is 2.12. The zero-order valence-electron chi connectivity index (χ0n) is 8.81. The summed E-state index contributed by atoms with van der Waals surface area (Å²) >= 11 is 0. The molecule has 1 saturated heterocycles. The Labute approximate surface area is 85.5 Å². The SMILES string of the molecule is C[C@@H]1C[C@@H](C)N(c2ccccc2)CO1. The van der Waals surface area contributed by atoms with Crippen LogP contribution in [0.15, 0.2) is 30.3 Å². The van der Waals surface area contributed by atoms with E-state index in [1.807, 2.05) is 6.07 Å². The van der Waals surface area contributed by atoms with Gasteiger partial charge in [-0.15, -0.1) is 0 Å². The van der Waals surface area contributed by atoms with Gasteiger partial charge >= 0.3 is 0 Å². The summed E-state index contributed by atoms with van der Waals surface area (Å²) in [5.41, 5.74) is 1.26. The number of benzene rings is 1. The van der Waals surface area contributed by atoms with Gasteiger partial charge in [0, 0.05) is 11.7 Å². The van der Waals surface area contributed by atoms with Crippen LogP contribution in [0, 0.1) is 0 Å².